The Balaban J connectivity index is 2.04. The Hall–Kier alpha value is -1.33. The molecule has 4 nitrogen and oxygen atoms in total. The van der Waals surface area contributed by atoms with E-state index in [-0.39, 0.29) is 6.04 Å². The van der Waals surface area contributed by atoms with E-state index >= 15 is 0 Å². The molecule has 5 heteroatoms. The predicted molar refractivity (Wildman–Crippen MR) is 89.4 cm³/mol. The first-order valence-corrected chi connectivity index (χ1v) is 8.17. The number of thiophene rings is 1. The standard InChI is InChI=1S/C16H25N3OS/c1-11(8-15-7-6-14(4)21-15)17-16-18-12(2)9-19(16)13(3)10-20-5/h6-7,9,11,13H,8,10H2,1-5H3,(H,17,18). The molecule has 2 heterocycles. The van der Waals surface area contributed by atoms with E-state index in [9.17, 15) is 0 Å². The number of imidazole rings is 1. The molecule has 116 valence electrons. The van der Waals surface area contributed by atoms with Crippen molar-refractivity contribution in [2.75, 3.05) is 19.0 Å². The van der Waals surface area contributed by atoms with Gasteiger partial charge in [0.2, 0.25) is 5.95 Å². The number of anilines is 1. The molecule has 0 aliphatic carbocycles. The van der Waals surface area contributed by atoms with E-state index in [2.05, 4.69) is 54.0 Å². The van der Waals surface area contributed by atoms with Gasteiger partial charge in [-0.2, -0.15) is 0 Å². The van der Waals surface area contributed by atoms with Gasteiger partial charge in [0.05, 0.1) is 18.3 Å². The summed E-state index contributed by atoms with van der Waals surface area (Å²) in [7, 11) is 1.73. The van der Waals surface area contributed by atoms with Crippen LogP contribution in [0.4, 0.5) is 5.95 Å². The second kappa shape index (κ2) is 7.09. The lowest BCUT2D eigenvalue weighted by Gasteiger charge is -2.19. The summed E-state index contributed by atoms with van der Waals surface area (Å²) >= 11 is 1.86. The highest BCUT2D eigenvalue weighted by atomic mass is 32.1. The third-order valence-corrected chi connectivity index (χ3v) is 4.44. The topological polar surface area (TPSA) is 39.1 Å². The average Bonchev–Trinajstić information content (AvgIpc) is 2.96. The Morgan fingerprint density at radius 3 is 2.71 bits per heavy atom. The molecule has 0 aliphatic heterocycles. The van der Waals surface area contributed by atoms with Crippen LogP contribution in [0.5, 0.6) is 0 Å². The zero-order valence-corrected chi connectivity index (χ0v) is 14.3. The molecule has 0 aromatic carbocycles. The van der Waals surface area contributed by atoms with Gasteiger partial charge in [-0.25, -0.2) is 4.98 Å². The van der Waals surface area contributed by atoms with Gasteiger partial charge in [0.25, 0.3) is 0 Å². The predicted octanol–water partition coefficient (Wildman–Crippen LogP) is 3.81. The Morgan fingerprint density at radius 2 is 2.10 bits per heavy atom. The largest absolute Gasteiger partial charge is 0.383 e. The van der Waals surface area contributed by atoms with Gasteiger partial charge in [0.1, 0.15) is 0 Å². The zero-order valence-electron chi connectivity index (χ0n) is 13.5. The summed E-state index contributed by atoms with van der Waals surface area (Å²) < 4.78 is 7.41. The molecule has 2 atom stereocenters. The molecule has 2 aromatic heterocycles. The summed E-state index contributed by atoms with van der Waals surface area (Å²) in [6.07, 6.45) is 3.09. The van der Waals surface area contributed by atoms with E-state index in [1.54, 1.807) is 7.11 Å². The Kier molecular flexibility index (Phi) is 5.42. The number of aryl methyl sites for hydroxylation is 2. The molecule has 1 N–H and O–H groups in total. The fourth-order valence-electron chi connectivity index (χ4n) is 2.45. The van der Waals surface area contributed by atoms with Crippen molar-refractivity contribution in [2.24, 2.45) is 0 Å². The smallest absolute Gasteiger partial charge is 0.203 e. The minimum Gasteiger partial charge on any atom is -0.383 e. The van der Waals surface area contributed by atoms with Gasteiger partial charge in [-0.3, -0.25) is 0 Å². The van der Waals surface area contributed by atoms with Crippen LogP contribution in [0.1, 0.15) is 35.3 Å². The first kappa shape index (κ1) is 16.0. The molecule has 0 saturated heterocycles. The fourth-order valence-corrected chi connectivity index (χ4v) is 3.47. The van der Waals surface area contributed by atoms with Crippen LogP contribution in [0.3, 0.4) is 0 Å². The average molecular weight is 307 g/mol. The van der Waals surface area contributed by atoms with E-state index in [4.69, 9.17) is 4.74 Å². The normalized spacial score (nSPS) is 14.1. The molecule has 2 unspecified atom stereocenters. The molecule has 0 saturated carbocycles. The van der Waals surface area contributed by atoms with Crippen molar-refractivity contribution in [1.29, 1.82) is 0 Å². The van der Waals surface area contributed by atoms with Crippen LogP contribution in [-0.4, -0.2) is 29.3 Å². The monoisotopic (exact) mass is 307 g/mol. The van der Waals surface area contributed by atoms with E-state index in [0.717, 1.165) is 18.1 Å². The lowest BCUT2D eigenvalue weighted by atomic mass is 10.2. The molecular formula is C16H25N3OS. The van der Waals surface area contributed by atoms with E-state index in [1.807, 2.05) is 18.3 Å². The van der Waals surface area contributed by atoms with Gasteiger partial charge < -0.3 is 14.6 Å². The summed E-state index contributed by atoms with van der Waals surface area (Å²) in [5, 5.41) is 3.53. The van der Waals surface area contributed by atoms with Crippen LogP contribution in [0, 0.1) is 13.8 Å². The molecule has 0 aliphatic rings. The summed E-state index contributed by atoms with van der Waals surface area (Å²) in [5.74, 6) is 0.929. The molecule has 0 bridgehead atoms. The highest BCUT2D eigenvalue weighted by Crippen LogP contribution is 2.20. The maximum Gasteiger partial charge on any atom is 0.203 e. The number of nitrogens with one attached hydrogen (secondary N) is 1. The minimum atomic E-state index is 0.273. The van der Waals surface area contributed by atoms with Crippen LogP contribution in [-0.2, 0) is 11.2 Å². The summed E-state index contributed by atoms with van der Waals surface area (Å²) in [5.41, 5.74) is 1.03. The summed E-state index contributed by atoms with van der Waals surface area (Å²) in [4.78, 5) is 7.37. The first-order valence-electron chi connectivity index (χ1n) is 7.36. The van der Waals surface area contributed by atoms with E-state index in [0.29, 0.717) is 12.6 Å². The molecular weight excluding hydrogens is 282 g/mol. The van der Waals surface area contributed by atoms with E-state index in [1.165, 1.54) is 9.75 Å². The Morgan fingerprint density at radius 1 is 1.33 bits per heavy atom. The number of aromatic nitrogens is 2. The van der Waals surface area contributed by atoms with Crippen molar-refractivity contribution < 1.29 is 4.74 Å². The highest BCUT2D eigenvalue weighted by Gasteiger charge is 2.14. The minimum absolute atomic E-state index is 0.273. The Labute approximate surface area is 131 Å². The van der Waals surface area contributed by atoms with Crippen LogP contribution in [0.25, 0.3) is 0 Å². The maximum atomic E-state index is 5.25. The van der Waals surface area contributed by atoms with Gasteiger partial charge in [-0.05, 0) is 39.8 Å². The lowest BCUT2D eigenvalue weighted by molar-refractivity contribution is 0.163. The highest BCUT2D eigenvalue weighted by molar-refractivity contribution is 7.11. The van der Waals surface area contributed by atoms with Gasteiger partial charge in [0, 0.05) is 35.5 Å². The van der Waals surface area contributed by atoms with Crippen LogP contribution < -0.4 is 5.32 Å². The number of rotatable bonds is 7. The molecule has 0 fully saturated rings. The second-order valence-electron chi connectivity index (χ2n) is 5.68. The second-order valence-corrected chi connectivity index (χ2v) is 7.05. The molecule has 0 amide bonds. The van der Waals surface area contributed by atoms with Crippen LogP contribution in [0.15, 0.2) is 18.3 Å². The van der Waals surface area contributed by atoms with Crippen molar-refractivity contribution in [2.45, 2.75) is 46.2 Å². The molecule has 2 rings (SSSR count). The van der Waals surface area contributed by atoms with Gasteiger partial charge >= 0.3 is 0 Å². The fraction of sp³-hybridized carbons (Fsp3) is 0.562. The zero-order chi connectivity index (χ0) is 15.4. The van der Waals surface area contributed by atoms with Crippen molar-refractivity contribution in [1.82, 2.24) is 9.55 Å². The quantitative estimate of drug-likeness (QED) is 0.845. The van der Waals surface area contributed by atoms with Crippen molar-refractivity contribution in [3.05, 3.63) is 33.8 Å². The third kappa shape index (κ3) is 4.32. The number of ether oxygens (including phenoxy) is 1. The number of hydrogen-bond acceptors (Lipinski definition) is 4. The summed E-state index contributed by atoms with van der Waals surface area (Å²) in [6, 6.07) is 5.01. The van der Waals surface area contributed by atoms with Gasteiger partial charge in [0.15, 0.2) is 0 Å². The van der Waals surface area contributed by atoms with Gasteiger partial charge in [-0.15, -0.1) is 11.3 Å². The molecule has 21 heavy (non-hydrogen) atoms. The molecule has 2 aromatic rings. The maximum absolute atomic E-state index is 5.25. The lowest BCUT2D eigenvalue weighted by Crippen LogP contribution is -2.22. The molecule has 0 radical (unpaired) electrons. The van der Waals surface area contributed by atoms with E-state index < -0.39 is 0 Å². The van der Waals surface area contributed by atoms with Crippen molar-refractivity contribution in [3.8, 4) is 0 Å². The van der Waals surface area contributed by atoms with Gasteiger partial charge in [-0.1, -0.05) is 0 Å². The van der Waals surface area contributed by atoms with Crippen LogP contribution in [0.2, 0.25) is 0 Å². The molecule has 0 spiro atoms. The number of methoxy groups -OCH3 is 1. The number of nitrogens with zero attached hydrogens (tertiary/aromatic N) is 2. The van der Waals surface area contributed by atoms with Crippen molar-refractivity contribution >= 4 is 17.3 Å². The number of hydrogen-bond donors (Lipinski definition) is 1. The van der Waals surface area contributed by atoms with Crippen molar-refractivity contribution in [3.63, 3.8) is 0 Å². The summed E-state index contributed by atoms with van der Waals surface area (Å²) in [6.45, 7) is 9.19. The SMILES string of the molecule is COCC(C)n1cc(C)nc1NC(C)Cc1ccc(C)s1. The van der Waals surface area contributed by atoms with Crippen LogP contribution >= 0.6 is 11.3 Å². The first-order chi connectivity index (χ1) is 9.99. The Bertz CT molecular complexity index is 576. The third-order valence-electron chi connectivity index (χ3n) is 3.41.